The van der Waals surface area contributed by atoms with Gasteiger partial charge in [0.2, 0.25) is 17.5 Å². The summed E-state index contributed by atoms with van der Waals surface area (Å²) in [6, 6.07) is -1.04. The molecule has 13 heteroatoms. The highest BCUT2D eigenvalue weighted by Gasteiger charge is 2.45. The summed E-state index contributed by atoms with van der Waals surface area (Å²) in [5, 5.41) is 0. The van der Waals surface area contributed by atoms with Crippen molar-refractivity contribution in [3.8, 4) is 5.75 Å². The van der Waals surface area contributed by atoms with Crippen molar-refractivity contribution in [3.05, 3.63) is 28.2 Å². The third-order valence-corrected chi connectivity index (χ3v) is 4.85. The SMILES string of the molecule is CC(OC(=O)OC1CCOCC1)Oc1c2n(ccc1=O)NCN([C@H](C)C(F)(F)F)C2=O. The molecule has 1 saturated heterocycles. The zero-order chi connectivity index (χ0) is 22.8. The molecule has 1 unspecified atom stereocenters. The lowest BCUT2D eigenvalue weighted by atomic mass is 10.2. The first-order valence-corrected chi connectivity index (χ1v) is 9.57. The summed E-state index contributed by atoms with van der Waals surface area (Å²) in [7, 11) is 0. The average Bonchev–Trinajstić information content (AvgIpc) is 2.69. The first-order chi connectivity index (χ1) is 14.6. The summed E-state index contributed by atoms with van der Waals surface area (Å²) in [6.07, 6.45) is -5.23. The van der Waals surface area contributed by atoms with Crippen LogP contribution >= 0.6 is 0 Å². The summed E-state index contributed by atoms with van der Waals surface area (Å²) < 4.78 is 61.0. The van der Waals surface area contributed by atoms with E-state index in [9.17, 15) is 27.6 Å². The predicted octanol–water partition coefficient (Wildman–Crippen LogP) is 1.81. The fourth-order valence-corrected chi connectivity index (χ4v) is 3.10. The van der Waals surface area contributed by atoms with E-state index in [1.54, 1.807) is 0 Å². The fraction of sp³-hybridized carbons (Fsp3) is 0.611. The van der Waals surface area contributed by atoms with Crippen LogP contribution in [0.15, 0.2) is 17.1 Å². The average molecular weight is 449 g/mol. The molecule has 2 atom stereocenters. The van der Waals surface area contributed by atoms with Crippen LogP contribution in [0.5, 0.6) is 5.75 Å². The second-order valence-electron chi connectivity index (χ2n) is 7.02. The minimum atomic E-state index is -4.67. The first-order valence-electron chi connectivity index (χ1n) is 9.57. The maximum Gasteiger partial charge on any atom is 0.511 e. The lowest BCUT2D eigenvalue weighted by molar-refractivity contribution is -0.172. The molecule has 10 nitrogen and oxygen atoms in total. The van der Waals surface area contributed by atoms with Gasteiger partial charge in [-0.3, -0.25) is 14.3 Å². The van der Waals surface area contributed by atoms with E-state index < -0.39 is 54.1 Å². The Morgan fingerprint density at radius 1 is 1.26 bits per heavy atom. The van der Waals surface area contributed by atoms with Gasteiger partial charge in [0.15, 0.2) is 5.69 Å². The normalized spacial score (nSPS) is 19.1. The van der Waals surface area contributed by atoms with Crippen LogP contribution in [0.25, 0.3) is 0 Å². The van der Waals surface area contributed by atoms with Crippen molar-refractivity contribution in [2.75, 3.05) is 25.3 Å². The second kappa shape index (κ2) is 9.04. The highest BCUT2D eigenvalue weighted by Crippen LogP contribution is 2.28. The summed E-state index contributed by atoms with van der Waals surface area (Å²) in [4.78, 5) is 37.5. The molecule has 1 aromatic heterocycles. The van der Waals surface area contributed by atoms with Crippen LogP contribution in [0.3, 0.4) is 0 Å². The zero-order valence-corrected chi connectivity index (χ0v) is 16.8. The van der Waals surface area contributed by atoms with Crippen LogP contribution in [0, 0.1) is 0 Å². The van der Waals surface area contributed by atoms with Crippen LogP contribution in [-0.4, -0.2) is 66.1 Å². The van der Waals surface area contributed by atoms with Gasteiger partial charge in [0.05, 0.1) is 13.2 Å². The van der Waals surface area contributed by atoms with E-state index in [0.29, 0.717) is 31.0 Å². The molecule has 172 valence electrons. The number of carbonyl (C=O) groups is 2. The van der Waals surface area contributed by atoms with E-state index in [4.69, 9.17) is 18.9 Å². The number of nitrogens with one attached hydrogen (secondary N) is 1. The van der Waals surface area contributed by atoms with Crippen molar-refractivity contribution in [2.45, 2.75) is 51.3 Å². The predicted molar refractivity (Wildman–Crippen MR) is 98.1 cm³/mol. The van der Waals surface area contributed by atoms with Crippen LogP contribution in [-0.2, 0) is 14.2 Å². The highest BCUT2D eigenvalue weighted by molar-refractivity contribution is 5.96. The van der Waals surface area contributed by atoms with Gasteiger partial charge in [-0.25, -0.2) is 4.79 Å². The van der Waals surface area contributed by atoms with Gasteiger partial charge in [-0.1, -0.05) is 0 Å². The minimum Gasteiger partial charge on any atom is -0.448 e. The number of halogens is 3. The van der Waals surface area contributed by atoms with Crippen LogP contribution in [0.1, 0.15) is 37.2 Å². The lowest BCUT2D eigenvalue weighted by Crippen LogP contribution is -2.54. The van der Waals surface area contributed by atoms with Crippen molar-refractivity contribution in [1.29, 1.82) is 0 Å². The molecule has 31 heavy (non-hydrogen) atoms. The molecule has 0 bridgehead atoms. The summed E-state index contributed by atoms with van der Waals surface area (Å²) in [6.45, 7) is 2.57. The van der Waals surface area contributed by atoms with Crippen molar-refractivity contribution in [3.63, 3.8) is 0 Å². The standard InChI is InChI=1S/C18H22F3N3O7/c1-10(18(19,20)21)23-9-22-24-6-3-13(25)15(14(24)16(23)26)29-11(2)30-17(27)31-12-4-7-28-8-5-12/h3,6,10-12,22H,4-5,7-9H2,1-2H3/t10-,11?/m1/s1. The van der Waals surface area contributed by atoms with Gasteiger partial charge >= 0.3 is 12.3 Å². The fourth-order valence-electron chi connectivity index (χ4n) is 3.10. The summed E-state index contributed by atoms with van der Waals surface area (Å²) in [5.41, 5.74) is 1.38. The Hall–Kier alpha value is -2.96. The van der Waals surface area contributed by atoms with E-state index in [1.165, 1.54) is 13.1 Å². The molecule has 1 N–H and O–H groups in total. The number of fused-ring (bicyclic) bond motifs is 1. The number of pyridine rings is 1. The lowest BCUT2D eigenvalue weighted by Gasteiger charge is -2.36. The first kappa shape index (κ1) is 22.7. The molecule has 0 saturated carbocycles. The second-order valence-corrected chi connectivity index (χ2v) is 7.02. The van der Waals surface area contributed by atoms with Crippen LogP contribution in [0.4, 0.5) is 18.0 Å². The molecular weight excluding hydrogens is 427 g/mol. The Labute approximate surface area is 174 Å². The van der Waals surface area contributed by atoms with Crippen LogP contribution in [0.2, 0.25) is 0 Å². The largest absolute Gasteiger partial charge is 0.511 e. The van der Waals surface area contributed by atoms with E-state index in [2.05, 4.69) is 5.43 Å². The smallest absolute Gasteiger partial charge is 0.448 e. The van der Waals surface area contributed by atoms with Gasteiger partial charge in [-0.05, 0) is 6.92 Å². The van der Waals surface area contributed by atoms with Crippen molar-refractivity contribution >= 4 is 12.1 Å². The molecule has 1 fully saturated rings. The molecule has 0 aromatic carbocycles. The molecule has 0 aliphatic carbocycles. The Kier molecular flexibility index (Phi) is 6.62. The van der Waals surface area contributed by atoms with E-state index in [-0.39, 0.29) is 6.10 Å². The third-order valence-electron chi connectivity index (χ3n) is 4.85. The molecule has 0 radical (unpaired) electrons. The Bertz CT molecular complexity index is 883. The number of amides is 1. The number of ether oxygens (including phenoxy) is 4. The molecule has 3 heterocycles. The third kappa shape index (κ3) is 5.21. The van der Waals surface area contributed by atoms with Gasteiger partial charge in [-0.15, -0.1) is 0 Å². The number of alkyl halides is 3. The van der Waals surface area contributed by atoms with Crippen molar-refractivity contribution < 1.29 is 41.7 Å². The molecule has 0 spiro atoms. The quantitative estimate of drug-likeness (QED) is 0.536. The topological polar surface area (TPSA) is 108 Å². The van der Waals surface area contributed by atoms with Gasteiger partial charge in [0.1, 0.15) is 18.8 Å². The maximum atomic E-state index is 13.1. The van der Waals surface area contributed by atoms with E-state index >= 15 is 0 Å². The van der Waals surface area contributed by atoms with Gasteiger partial charge in [-0.2, -0.15) is 13.2 Å². The number of carbonyl (C=O) groups excluding carboxylic acids is 2. The monoisotopic (exact) mass is 449 g/mol. The Morgan fingerprint density at radius 3 is 2.58 bits per heavy atom. The van der Waals surface area contributed by atoms with Gasteiger partial charge < -0.3 is 29.3 Å². The Balaban J connectivity index is 1.74. The van der Waals surface area contributed by atoms with Gasteiger partial charge in [0.25, 0.3) is 5.91 Å². The van der Waals surface area contributed by atoms with Crippen molar-refractivity contribution in [2.24, 2.45) is 0 Å². The number of hydrogen-bond acceptors (Lipinski definition) is 8. The molecule has 1 amide bonds. The van der Waals surface area contributed by atoms with E-state index in [0.717, 1.165) is 17.7 Å². The number of nitrogens with zero attached hydrogens (tertiary/aromatic N) is 2. The molecule has 2 aliphatic rings. The van der Waals surface area contributed by atoms with Crippen LogP contribution < -0.4 is 15.6 Å². The minimum absolute atomic E-state index is 0.383. The number of aromatic nitrogens is 1. The zero-order valence-electron chi connectivity index (χ0n) is 16.8. The summed E-state index contributed by atoms with van der Waals surface area (Å²) >= 11 is 0. The summed E-state index contributed by atoms with van der Waals surface area (Å²) in [5.74, 6) is -1.61. The highest BCUT2D eigenvalue weighted by atomic mass is 19.4. The number of hydrogen-bond donors (Lipinski definition) is 1. The van der Waals surface area contributed by atoms with Crippen molar-refractivity contribution in [1.82, 2.24) is 9.58 Å². The molecule has 2 aliphatic heterocycles. The number of rotatable bonds is 5. The molecular formula is C18H22F3N3O7. The van der Waals surface area contributed by atoms with Gasteiger partial charge in [0, 0.05) is 32.0 Å². The maximum absolute atomic E-state index is 13.1. The molecule has 3 rings (SSSR count). The molecule has 1 aromatic rings. The Morgan fingerprint density at radius 2 is 1.94 bits per heavy atom. The van der Waals surface area contributed by atoms with E-state index in [1.807, 2.05) is 0 Å².